The number of nitrogens with zero attached hydrogens (tertiary/aromatic N) is 2. The summed E-state index contributed by atoms with van der Waals surface area (Å²) in [5, 5.41) is 2.27. The van der Waals surface area contributed by atoms with Gasteiger partial charge >= 0.3 is 0 Å². The summed E-state index contributed by atoms with van der Waals surface area (Å²) >= 11 is 5.84. The van der Waals surface area contributed by atoms with E-state index in [2.05, 4.69) is 0 Å². The zero-order valence-electron chi connectivity index (χ0n) is 11.1. The molecular formula is C14H13ClN2O4. The van der Waals surface area contributed by atoms with E-state index in [1.807, 2.05) is 0 Å². The molecule has 110 valence electrons. The summed E-state index contributed by atoms with van der Waals surface area (Å²) in [6.07, 6.45) is -0.736. The van der Waals surface area contributed by atoms with Crippen molar-refractivity contribution in [3.8, 4) is 0 Å². The highest BCUT2D eigenvalue weighted by Gasteiger charge is 2.60. The first kappa shape index (κ1) is 13.2. The highest BCUT2D eigenvalue weighted by Crippen LogP contribution is 2.39. The molecule has 0 aromatic heterocycles. The SMILES string of the molecule is O=C1[C@H]2[C@@H](ON3CCOC[C@@H]23)C(=O)N1c1ccc(Cl)cc1. The highest BCUT2D eigenvalue weighted by molar-refractivity contribution is 6.31. The molecule has 0 unspecified atom stereocenters. The van der Waals surface area contributed by atoms with E-state index >= 15 is 0 Å². The number of anilines is 1. The molecule has 7 heteroatoms. The van der Waals surface area contributed by atoms with Gasteiger partial charge in [0, 0.05) is 11.6 Å². The number of carbonyl (C=O) groups excluding carboxylic acids is 2. The number of imide groups is 1. The lowest BCUT2D eigenvalue weighted by Crippen LogP contribution is -2.46. The summed E-state index contributed by atoms with van der Waals surface area (Å²) in [4.78, 5) is 32.0. The predicted octanol–water partition coefficient (Wildman–Crippen LogP) is 0.844. The van der Waals surface area contributed by atoms with Crippen molar-refractivity contribution in [2.75, 3.05) is 24.7 Å². The second-order valence-corrected chi connectivity index (χ2v) is 5.76. The molecule has 3 aliphatic heterocycles. The summed E-state index contributed by atoms with van der Waals surface area (Å²) in [7, 11) is 0. The molecule has 3 heterocycles. The number of hydrogen-bond acceptors (Lipinski definition) is 5. The molecule has 3 atom stereocenters. The molecule has 0 radical (unpaired) electrons. The van der Waals surface area contributed by atoms with Gasteiger partial charge in [-0.2, -0.15) is 5.06 Å². The number of benzene rings is 1. The van der Waals surface area contributed by atoms with Crippen LogP contribution in [0.1, 0.15) is 0 Å². The number of hydrogen-bond donors (Lipinski definition) is 0. The van der Waals surface area contributed by atoms with Crippen LogP contribution in [0.2, 0.25) is 5.02 Å². The summed E-state index contributed by atoms with van der Waals surface area (Å²) in [5.74, 6) is -1.04. The Bertz CT molecular complexity index is 605. The molecule has 3 aliphatic rings. The third-order valence-electron chi connectivity index (χ3n) is 4.16. The van der Waals surface area contributed by atoms with Crippen LogP contribution in [-0.4, -0.2) is 48.8 Å². The fraction of sp³-hybridized carbons (Fsp3) is 0.429. The topological polar surface area (TPSA) is 59.1 Å². The monoisotopic (exact) mass is 308 g/mol. The highest BCUT2D eigenvalue weighted by atomic mass is 35.5. The van der Waals surface area contributed by atoms with Gasteiger partial charge in [-0.3, -0.25) is 14.4 Å². The van der Waals surface area contributed by atoms with Crippen molar-refractivity contribution in [3.05, 3.63) is 29.3 Å². The molecule has 3 fully saturated rings. The lowest BCUT2D eigenvalue weighted by Gasteiger charge is -2.30. The largest absolute Gasteiger partial charge is 0.378 e. The van der Waals surface area contributed by atoms with Crippen molar-refractivity contribution in [3.63, 3.8) is 0 Å². The summed E-state index contributed by atoms with van der Waals surface area (Å²) < 4.78 is 5.41. The third-order valence-corrected chi connectivity index (χ3v) is 4.41. The van der Waals surface area contributed by atoms with E-state index in [0.29, 0.717) is 30.5 Å². The first-order valence-electron chi connectivity index (χ1n) is 6.81. The van der Waals surface area contributed by atoms with E-state index in [9.17, 15) is 9.59 Å². The molecule has 0 aliphatic carbocycles. The summed E-state index contributed by atoms with van der Waals surface area (Å²) in [5.41, 5.74) is 0.524. The lowest BCUT2D eigenvalue weighted by atomic mass is 9.97. The molecule has 4 rings (SSSR count). The molecule has 1 aromatic carbocycles. The smallest absolute Gasteiger partial charge is 0.265 e. The molecule has 21 heavy (non-hydrogen) atoms. The second-order valence-electron chi connectivity index (χ2n) is 5.32. The number of ether oxygens (including phenoxy) is 1. The zero-order valence-corrected chi connectivity index (χ0v) is 11.8. The number of hydroxylamine groups is 2. The van der Waals surface area contributed by atoms with E-state index in [4.69, 9.17) is 21.2 Å². The van der Waals surface area contributed by atoms with Gasteiger partial charge < -0.3 is 4.74 Å². The molecule has 0 N–H and O–H groups in total. The standard InChI is InChI=1S/C14H13ClN2O4/c15-8-1-3-9(4-2-8)17-13(18)11-10-7-20-6-5-16(10)21-12(11)14(17)19/h1-4,10-12H,5-7H2/t10-,11+,12+/m0/s1. The van der Waals surface area contributed by atoms with E-state index < -0.39 is 12.0 Å². The molecule has 0 bridgehead atoms. The minimum atomic E-state index is -0.736. The van der Waals surface area contributed by atoms with Crippen molar-refractivity contribution >= 4 is 29.1 Å². The molecule has 3 saturated heterocycles. The summed E-state index contributed by atoms with van der Waals surface area (Å²) in [6.45, 7) is 1.55. The number of rotatable bonds is 1. The second kappa shape index (κ2) is 4.78. The van der Waals surface area contributed by atoms with Crippen LogP contribution in [-0.2, 0) is 19.2 Å². The van der Waals surface area contributed by atoms with Crippen molar-refractivity contribution in [2.45, 2.75) is 12.1 Å². The first-order valence-corrected chi connectivity index (χ1v) is 7.19. The van der Waals surface area contributed by atoms with E-state index in [1.165, 1.54) is 4.90 Å². The van der Waals surface area contributed by atoms with Gasteiger partial charge in [0.15, 0.2) is 6.10 Å². The zero-order chi connectivity index (χ0) is 14.6. The van der Waals surface area contributed by atoms with Gasteiger partial charge in [-0.15, -0.1) is 0 Å². The number of carbonyl (C=O) groups is 2. The van der Waals surface area contributed by atoms with Gasteiger partial charge in [-0.1, -0.05) is 11.6 Å². The maximum absolute atomic E-state index is 12.6. The van der Waals surface area contributed by atoms with Crippen LogP contribution in [0.25, 0.3) is 0 Å². The van der Waals surface area contributed by atoms with Gasteiger partial charge in [0.25, 0.3) is 5.91 Å². The van der Waals surface area contributed by atoms with Gasteiger partial charge in [0.2, 0.25) is 5.91 Å². The predicted molar refractivity (Wildman–Crippen MR) is 73.6 cm³/mol. The van der Waals surface area contributed by atoms with Gasteiger partial charge in [0.1, 0.15) is 0 Å². The fourth-order valence-corrected chi connectivity index (χ4v) is 3.28. The van der Waals surface area contributed by atoms with Crippen LogP contribution in [0.5, 0.6) is 0 Å². The Morgan fingerprint density at radius 2 is 1.90 bits per heavy atom. The Kier molecular flexibility index (Phi) is 3.00. The maximum Gasteiger partial charge on any atom is 0.265 e. The minimum absolute atomic E-state index is 0.183. The van der Waals surface area contributed by atoms with Crippen molar-refractivity contribution in [1.82, 2.24) is 5.06 Å². The normalized spacial score (nSPS) is 32.4. The Hall–Kier alpha value is -1.47. The molecule has 1 aromatic rings. The van der Waals surface area contributed by atoms with Gasteiger partial charge in [0.05, 0.1) is 30.9 Å². The number of fused-ring (bicyclic) bond motifs is 3. The number of halogens is 1. The van der Waals surface area contributed by atoms with Crippen molar-refractivity contribution in [2.24, 2.45) is 5.92 Å². The van der Waals surface area contributed by atoms with E-state index in [0.717, 1.165) is 0 Å². The van der Waals surface area contributed by atoms with Crippen molar-refractivity contribution in [1.29, 1.82) is 0 Å². The van der Waals surface area contributed by atoms with Crippen LogP contribution < -0.4 is 4.90 Å². The van der Waals surface area contributed by atoms with Crippen LogP contribution >= 0.6 is 11.6 Å². The Morgan fingerprint density at radius 1 is 1.14 bits per heavy atom. The van der Waals surface area contributed by atoms with Crippen LogP contribution in [0.4, 0.5) is 5.69 Å². The Balaban J connectivity index is 1.66. The third kappa shape index (κ3) is 1.91. The van der Waals surface area contributed by atoms with Crippen LogP contribution in [0.3, 0.4) is 0 Å². The van der Waals surface area contributed by atoms with E-state index in [1.54, 1.807) is 29.3 Å². The number of amides is 2. The molecule has 0 spiro atoms. The number of morpholine rings is 1. The van der Waals surface area contributed by atoms with Crippen LogP contribution in [0.15, 0.2) is 24.3 Å². The minimum Gasteiger partial charge on any atom is -0.378 e. The Morgan fingerprint density at radius 3 is 2.67 bits per heavy atom. The lowest BCUT2D eigenvalue weighted by molar-refractivity contribution is -0.197. The molecule has 6 nitrogen and oxygen atoms in total. The average molecular weight is 309 g/mol. The van der Waals surface area contributed by atoms with Gasteiger partial charge in [-0.05, 0) is 24.3 Å². The quantitative estimate of drug-likeness (QED) is 0.720. The van der Waals surface area contributed by atoms with Crippen LogP contribution in [0, 0.1) is 5.92 Å². The molecule has 0 saturated carbocycles. The molecular weight excluding hydrogens is 296 g/mol. The first-order chi connectivity index (χ1) is 10.2. The summed E-state index contributed by atoms with van der Waals surface area (Å²) in [6, 6.07) is 6.45. The fourth-order valence-electron chi connectivity index (χ4n) is 3.16. The Labute approximate surface area is 126 Å². The average Bonchev–Trinajstić information content (AvgIpc) is 2.98. The molecule has 2 amide bonds. The van der Waals surface area contributed by atoms with Crippen molar-refractivity contribution < 1.29 is 19.2 Å². The maximum atomic E-state index is 12.6. The van der Waals surface area contributed by atoms with Gasteiger partial charge in [-0.25, -0.2) is 4.90 Å². The van der Waals surface area contributed by atoms with E-state index in [-0.39, 0.29) is 17.9 Å².